The molecular formula is C23H19FN2O3. The standard InChI is InChI=1S/C23H19FN2O3/c24-18-9-5-16(6-10-18)15-29-19-11-7-17(8-12-19)22(14-26(27)28)21-13-25-23-4-2-1-3-20(21)23/h1-13,22,25H,14-15H2/t22-/m0/s1. The van der Waals surface area contributed by atoms with Crippen LogP contribution in [0.1, 0.15) is 22.6 Å². The maximum Gasteiger partial charge on any atom is 0.214 e. The zero-order valence-corrected chi connectivity index (χ0v) is 15.5. The van der Waals surface area contributed by atoms with E-state index in [2.05, 4.69) is 4.98 Å². The van der Waals surface area contributed by atoms with Crippen molar-refractivity contribution in [1.82, 2.24) is 4.98 Å². The summed E-state index contributed by atoms with van der Waals surface area (Å²) in [5.41, 5.74) is 3.56. The van der Waals surface area contributed by atoms with Crippen LogP contribution in [0.25, 0.3) is 10.9 Å². The first-order valence-electron chi connectivity index (χ1n) is 9.25. The summed E-state index contributed by atoms with van der Waals surface area (Å²) in [4.78, 5) is 14.2. The molecule has 3 aromatic carbocycles. The van der Waals surface area contributed by atoms with Gasteiger partial charge in [-0.2, -0.15) is 0 Å². The second-order valence-electron chi connectivity index (χ2n) is 6.84. The van der Waals surface area contributed by atoms with Gasteiger partial charge in [-0.15, -0.1) is 0 Å². The molecule has 0 unspecified atom stereocenters. The fourth-order valence-electron chi connectivity index (χ4n) is 3.46. The zero-order chi connectivity index (χ0) is 20.2. The van der Waals surface area contributed by atoms with Crippen molar-refractivity contribution in [3.8, 4) is 5.75 Å². The van der Waals surface area contributed by atoms with Gasteiger partial charge in [-0.25, -0.2) is 4.39 Å². The van der Waals surface area contributed by atoms with Crippen molar-refractivity contribution in [2.24, 2.45) is 0 Å². The molecule has 0 amide bonds. The summed E-state index contributed by atoms with van der Waals surface area (Å²) in [7, 11) is 0. The number of hydrogen-bond donors (Lipinski definition) is 1. The molecule has 4 aromatic rings. The molecule has 0 saturated carbocycles. The topological polar surface area (TPSA) is 68.2 Å². The van der Waals surface area contributed by atoms with Gasteiger partial charge in [-0.1, -0.05) is 42.5 Å². The molecule has 0 spiro atoms. The van der Waals surface area contributed by atoms with E-state index in [0.29, 0.717) is 12.4 Å². The SMILES string of the molecule is O=[N+]([O-])C[C@@H](c1ccc(OCc2ccc(F)cc2)cc1)c1c[nH]c2ccccc12. The molecule has 0 aliphatic heterocycles. The molecule has 6 heteroatoms. The fourth-order valence-corrected chi connectivity index (χ4v) is 3.46. The average Bonchev–Trinajstić information content (AvgIpc) is 3.16. The number of nitrogens with zero attached hydrogens (tertiary/aromatic N) is 1. The average molecular weight is 390 g/mol. The van der Waals surface area contributed by atoms with Gasteiger partial charge in [0.15, 0.2) is 0 Å². The third kappa shape index (κ3) is 4.27. The second kappa shape index (κ2) is 8.14. The highest BCUT2D eigenvalue weighted by Gasteiger charge is 2.23. The molecule has 0 radical (unpaired) electrons. The van der Waals surface area contributed by atoms with Crippen LogP contribution in [0.4, 0.5) is 4.39 Å². The van der Waals surface area contributed by atoms with Crippen molar-refractivity contribution in [2.45, 2.75) is 12.5 Å². The van der Waals surface area contributed by atoms with Gasteiger partial charge in [0.2, 0.25) is 6.54 Å². The number of fused-ring (bicyclic) bond motifs is 1. The molecule has 1 atom stereocenters. The highest BCUT2D eigenvalue weighted by atomic mass is 19.1. The van der Waals surface area contributed by atoms with E-state index in [1.54, 1.807) is 24.3 Å². The van der Waals surface area contributed by atoms with E-state index in [1.165, 1.54) is 12.1 Å². The van der Waals surface area contributed by atoms with Gasteiger partial charge in [0.1, 0.15) is 18.2 Å². The van der Waals surface area contributed by atoms with Crippen LogP contribution in [-0.4, -0.2) is 16.5 Å². The van der Waals surface area contributed by atoms with Gasteiger partial charge in [-0.3, -0.25) is 10.1 Å². The Morgan fingerprint density at radius 3 is 2.45 bits per heavy atom. The summed E-state index contributed by atoms with van der Waals surface area (Å²) in [6, 6.07) is 21.2. The lowest BCUT2D eigenvalue weighted by atomic mass is 9.91. The first-order valence-corrected chi connectivity index (χ1v) is 9.25. The number of hydrogen-bond acceptors (Lipinski definition) is 3. The lowest BCUT2D eigenvalue weighted by Gasteiger charge is -2.14. The third-order valence-corrected chi connectivity index (χ3v) is 4.93. The van der Waals surface area contributed by atoms with Crippen LogP contribution < -0.4 is 4.74 Å². The lowest BCUT2D eigenvalue weighted by Crippen LogP contribution is -2.13. The lowest BCUT2D eigenvalue weighted by molar-refractivity contribution is -0.481. The molecule has 0 fully saturated rings. The number of aromatic amines is 1. The number of nitro groups is 1. The van der Waals surface area contributed by atoms with Crippen LogP contribution >= 0.6 is 0 Å². The third-order valence-electron chi connectivity index (χ3n) is 4.93. The highest BCUT2D eigenvalue weighted by molar-refractivity contribution is 5.84. The Labute approximate surface area is 166 Å². The summed E-state index contributed by atoms with van der Waals surface area (Å²) in [6.07, 6.45) is 1.85. The van der Waals surface area contributed by atoms with Crippen molar-refractivity contribution >= 4 is 10.9 Å². The van der Waals surface area contributed by atoms with Crippen molar-refractivity contribution in [3.05, 3.63) is 112 Å². The van der Waals surface area contributed by atoms with Gasteiger partial charge in [0.05, 0.1) is 5.92 Å². The molecule has 29 heavy (non-hydrogen) atoms. The Morgan fingerprint density at radius 1 is 1.00 bits per heavy atom. The first kappa shape index (κ1) is 18.7. The number of rotatable bonds is 7. The van der Waals surface area contributed by atoms with Crippen molar-refractivity contribution in [2.75, 3.05) is 6.54 Å². The molecule has 0 bridgehead atoms. The smallest absolute Gasteiger partial charge is 0.214 e. The fraction of sp³-hybridized carbons (Fsp3) is 0.130. The molecular weight excluding hydrogens is 371 g/mol. The van der Waals surface area contributed by atoms with E-state index in [4.69, 9.17) is 4.74 Å². The van der Waals surface area contributed by atoms with Gasteiger partial charge in [0.25, 0.3) is 0 Å². The molecule has 1 heterocycles. The summed E-state index contributed by atoms with van der Waals surface area (Å²) in [5.74, 6) is -0.00336. The Bertz CT molecular complexity index is 1120. The number of ether oxygens (including phenoxy) is 1. The monoisotopic (exact) mass is 390 g/mol. The Morgan fingerprint density at radius 2 is 1.72 bits per heavy atom. The highest BCUT2D eigenvalue weighted by Crippen LogP contribution is 2.32. The first-order chi connectivity index (χ1) is 14.1. The number of para-hydroxylation sites is 1. The molecule has 0 aliphatic carbocycles. The Balaban J connectivity index is 1.55. The Kier molecular flexibility index (Phi) is 5.24. The predicted molar refractivity (Wildman–Crippen MR) is 109 cm³/mol. The van der Waals surface area contributed by atoms with E-state index in [-0.39, 0.29) is 23.2 Å². The number of aromatic nitrogens is 1. The van der Waals surface area contributed by atoms with Crippen molar-refractivity contribution in [1.29, 1.82) is 0 Å². The predicted octanol–water partition coefficient (Wildman–Crippen LogP) is 5.29. The van der Waals surface area contributed by atoms with Crippen LogP contribution in [0.3, 0.4) is 0 Å². The quantitative estimate of drug-likeness (QED) is 0.344. The minimum Gasteiger partial charge on any atom is -0.489 e. The molecule has 0 saturated heterocycles. The number of H-pyrrole nitrogens is 1. The number of nitrogens with one attached hydrogen (secondary N) is 1. The summed E-state index contributed by atoms with van der Waals surface area (Å²) in [5, 5.41) is 12.3. The van der Waals surface area contributed by atoms with E-state index < -0.39 is 0 Å². The minimum absolute atomic E-state index is 0.197. The largest absolute Gasteiger partial charge is 0.489 e. The van der Waals surface area contributed by atoms with Crippen molar-refractivity contribution < 1.29 is 14.1 Å². The van der Waals surface area contributed by atoms with Crippen LogP contribution in [0.2, 0.25) is 0 Å². The zero-order valence-electron chi connectivity index (χ0n) is 15.5. The van der Waals surface area contributed by atoms with E-state index >= 15 is 0 Å². The number of benzene rings is 3. The van der Waals surface area contributed by atoms with Crippen molar-refractivity contribution in [3.63, 3.8) is 0 Å². The van der Waals surface area contributed by atoms with Crippen LogP contribution in [0.5, 0.6) is 5.75 Å². The van der Waals surface area contributed by atoms with Gasteiger partial charge >= 0.3 is 0 Å². The Hall–Kier alpha value is -3.67. The van der Waals surface area contributed by atoms with Crippen LogP contribution in [0, 0.1) is 15.9 Å². The normalized spacial score (nSPS) is 12.0. The summed E-state index contributed by atoms with van der Waals surface area (Å²) in [6.45, 7) is 0.123. The minimum atomic E-state index is -0.368. The maximum atomic E-state index is 13.0. The van der Waals surface area contributed by atoms with E-state index in [0.717, 1.165) is 27.6 Å². The van der Waals surface area contributed by atoms with E-state index in [1.807, 2.05) is 42.6 Å². The maximum absolute atomic E-state index is 13.0. The van der Waals surface area contributed by atoms with Crippen LogP contribution in [0.15, 0.2) is 79.0 Å². The van der Waals surface area contributed by atoms with Gasteiger partial charge < -0.3 is 9.72 Å². The summed E-state index contributed by atoms with van der Waals surface area (Å²) >= 11 is 0. The summed E-state index contributed by atoms with van der Waals surface area (Å²) < 4.78 is 18.7. The molecule has 1 N–H and O–H groups in total. The van der Waals surface area contributed by atoms with Gasteiger partial charge in [0, 0.05) is 22.0 Å². The molecule has 0 aliphatic rings. The van der Waals surface area contributed by atoms with Crippen LogP contribution in [-0.2, 0) is 6.61 Å². The second-order valence-corrected chi connectivity index (χ2v) is 6.84. The molecule has 5 nitrogen and oxygen atoms in total. The molecule has 4 rings (SSSR count). The van der Waals surface area contributed by atoms with Gasteiger partial charge in [-0.05, 0) is 47.0 Å². The van der Waals surface area contributed by atoms with E-state index in [9.17, 15) is 14.5 Å². The molecule has 146 valence electrons. The number of halogens is 1. The molecule has 1 aromatic heterocycles.